The molecule has 17 N–H and O–H groups in total. The monoisotopic (exact) mass is 1420 g/mol. The van der Waals surface area contributed by atoms with E-state index in [4.69, 9.17) is 36.1 Å². The third-order valence-electron chi connectivity index (χ3n) is 15.7. The van der Waals surface area contributed by atoms with Gasteiger partial charge in [0.1, 0.15) is 12.1 Å². The maximum Gasteiger partial charge on any atom is 0.243 e. The van der Waals surface area contributed by atoms with Gasteiger partial charge in [-0.1, -0.05) is 108 Å². The van der Waals surface area contributed by atoms with Crippen LogP contribution in [0.3, 0.4) is 0 Å². The Bertz CT molecular complexity index is 3200. The highest BCUT2D eigenvalue weighted by molar-refractivity contribution is 5.91. The van der Waals surface area contributed by atoms with Crippen LogP contribution in [0.5, 0.6) is 0 Å². The van der Waals surface area contributed by atoms with Gasteiger partial charge in [-0.15, -0.1) is 0 Å². The summed E-state index contributed by atoms with van der Waals surface area (Å²) < 4.78 is 22.0. The Morgan fingerprint density at radius 3 is 0.902 bits per heavy atom. The highest BCUT2D eigenvalue weighted by Crippen LogP contribution is 2.27. The minimum atomic E-state index is -1.01. The first-order valence-electron chi connectivity index (χ1n) is 35.0. The Morgan fingerprint density at radius 1 is 0.324 bits per heavy atom. The molecule has 4 unspecified atom stereocenters. The summed E-state index contributed by atoms with van der Waals surface area (Å²) in [7, 11) is 0. The van der Waals surface area contributed by atoms with Crippen LogP contribution >= 0.6 is 0 Å². The van der Waals surface area contributed by atoms with Gasteiger partial charge in [-0.05, 0) is 85.9 Å². The van der Waals surface area contributed by atoms with Crippen molar-refractivity contribution in [2.75, 3.05) is 118 Å². The van der Waals surface area contributed by atoms with Crippen molar-refractivity contribution in [1.29, 1.82) is 0 Å². The maximum absolute atomic E-state index is 14.4. The SMILES string of the molecule is CC(=O)NCCCC(NC(=O)CCC(=O)NCCOCCOCCNC(=O)CCC(=O)NCCN)C(=O)NC(c1ccc(C)cc1)c1ccc(Cc2ccc(C(NC(=O)C(CCCN)NC(=O)CCC(=O)NCCOCCOCCNC(=O)CCC(=O)NCCN)c3ccc(C)cc3)cc2)cc1. The van der Waals surface area contributed by atoms with Crippen molar-refractivity contribution in [2.45, 2.75) is 128 Å². The van der Waals surface area contributed by atoms with Crippen LogP contribution in [0.4, 0.5) is 0 Å². The molecule has 4 rings (SSSR count). The smallest absolute Gasteiger partial charge is 0.243 e. The Kier molecular flexibility index (Phi) is 42.6. The molecule has 0 saturated heterocycles. The molecule has 0 aliphatic heterocycles. The lowest BCUT2D eigenvalue weighted by Crippen LogP contribution is -2.48. The second-order valence-corrected chi connectivity index (χ2v) is 24.3. The molecule has 4 atom stereocenters. The zero-order valence-electron chi connectivity index (χ0n) is 59.3. The lowest BCUT2D eigenvalue weighted by Gasteiger charge is -2.25. The van der Waals surface area contributed by atoms with Crippen LogP contribution in [0.2, 0.25) is 0 Å². The van der Waals surface area contributed by atoms with E-state index in [-0.39, 0.29) is 198 Å². The Morgan fingerprint density at radius 2 is 0.608 bits per heavy atom. The molecule has 0 bridgehead atoms. The first-order valence-corrected chi connectivity index (χ1v) is 35.0. The summed E-state index contributed by atoms with van der Waals surface area (Å²) in [4.78, 5) is 140. The largest absolute Gasteiger partial charge is 0.377 e. The number of nitrogens with two attached hydrogens (primary N) is 3. The van der Waals surface area contributed by atoms with Crippen molar-refractivity contribution in [3.8, 4) is 0 Å². The lowest BCUT2D eigenvalue weighted by atomic mass is 9.93. The molecular formula is C73H108N14O15. The van der Waals surface area contributed by atoms with Gasteiger partial charge in [0.2, 0.25) is 65.0 Å². The number of aryl methyl sites for hydroxylation is 2. The average Bonchev–Trinajstić information content (AvgIpc) is 0.830. The lowest BCUT2D eigenvalue weighted by molar-refractivity contribution is -0.130. The minimum Gasteiger partial charge on any atom is -0.377 e. The van der Waals surface area contributed by atoms with Gasteiger partial charge < -0.3 is 94.6 Å². The molecule has 11 amide bonds. The van der Waals surface area contributed by atoms with Gasteiger partial charge in [-0.2, -0.15) is 0 Å². The fraction of sp³-hybridized carbons (Fsp3) is 0.521. The Balaban J connectivity index is 1.29. The van der Waals surface area contributed by atoms with E-state index in [1.807, 2.05) is 111 Å². The number of carbonyl (C=O) groups is 11. The molecule has 0 aliphatic rings. The zero-order valence-corrected chi connectivity index (χ0v) is 59.3. The van der Waals surface area contributed by atoms with Crippen molar-refractivity contribution in [2.24, 2.45) is 17.2 Å². The van der Waals surface area contributed by atoms with Crippen molar-refractivity contribution in [3.05, 3.63) is 142 Å². The van der Waals surface area contributed by atoms with Gasteiger partial charge in [0.05, 0.1) is 64.9 Å². The average molecular weight is 1420 g/mol. The number of amides is 11. The summed E-state index contributed by atoms with van der Waals surface area (Å²) in [5, 5.41) is 30.8. The fourth-order valence-corrected chi connectivity index (χ4v) is 10.1. The van der Waals surface area contributed by atoms with Crippen LogP contribution in [0.15, 0.2) is 97.1 Å². The molecule has 0 fully saturated rings. The van der Waals surface area contributed by atoms with E-state index in [1.54, 1.807) is 0 Å². The van der Waals surface area contributed by atoms with Crippen LogP contribution in [-0.2, 0) is 78.1 Å². The zero-order chi connectivity index (χ0) is 74.1. The number of carbonyl (C=O) groups excluding carboxylic acids is 11. The summed E-state index contributed by atoms with van der Waals surface area (Å²) in [6.45, 7) is 10.1. The molecule has 0 radical (unpaired) electrons. The minimum absolute atomic E-state index is 0.0536. The predicted molar refractivity (Wildman–Crippen MR) is 384 cm³/mol. The predicted octanol–water partition coefficient (Wildman–Crippen LogP) is 0.732. The van der Waals surface area contributed by atoms with Gasteiger partial charge >= 0.3 is 0 Å². The molecule has 0 spiro atoms. The standard InChI is InChI=1S/C73H108N14O15/c1-51-8-16-56(17-9-51)70(86-72(97)60(6-4-32-74)84-68(95)30-28-66(93)82-40-44-101-48-46-99-42-38-80-64(91)26-24-62(89)78-36-33-75)58-20-12-54(13-21-58)50-55-14-22-59(23-15-55)71(57-18-10-52(2)11-19-57)87-73(98)61(7-5-35-77-53(3)88)85-69(96)31-29-67(94)83-41-45-102-49-47-100-43-39-81-65(92)27-25-63(90)79-37-34-76/h8-23,60-61,70-71H,4-7,24-50,74-76H2,1-3H3,(H,77,88)(H,78,89)(H,79,90)(H,80,91)(H,81,92)(H,82,93)(H,83,94)(H,84,95)(H,85,96)(H,86,97)(H,87,98). The maximum atomic E-state index is 14.4. The van der Waals surface area contributed by atoms with Gasteiger partial charge in [0.25, 0.3) is 0 Å². The van der Waals surface area contributed by atoms with Gasteiger partial charge in [0.15, 0.2) is 0 Å². The molecular weight excluding hydrogens is 1310 g/mol. The van der Waals surface area contributed by atoms with Crippen LogP contribution in [0.1, 0.15) is 141 Å². The number of ether oxygens (including phenoxy) is 4. The van der Waals surface area contributed by atoms with Crippen molar-refractivity contribution in [3.63, 3.8) is 0 Å². The first kappa shape index (κ1) is 85.2. The number of rotatable bonds is 53. The van der Waals surface area contributed by atoms with E-state index < -0.39 is 47.8 Å². The third-order valence-corrected chi connectivity index (χ3v) is 15.7. The molecule has 0 aliphatic carbocycles. The normalized spacial score (nSPS) is 12.1. The Labute approximate surface area is 598 Å². The number of hydrogen-bond donors (Lipinski definition) is 14. The Hall–Kier alpha value is -9.23. The molecule has 4 aromatic carbocycles. The molecule has 0 saturated carbocycles. The van der Waals surface area contributed by atoms with Gasteiger partial charge in [0, 0.05) is 117 Å². The van der Waals surface area contributed by atoms with E-state index in [1.165, 1.54) is 6.92 Å². The highest BCUT2D eigenvalue weighted by atomic mass is 16.5. The van der Waals surface area contributed by atoms with Crippen LogP contribution in [-0.4, -0.2) is 195 Å². The summed E-state index contributed by atoms with van der Waals surface area (Å²) in [5.74, 6) is -3.84. The molecule has 560 valence electrons. The summed E-state index contributed by atoms with van der Waals surface area (Å²) in [6.07, 6.45) is 1.47. The summed E-state index contributed by atoms with van der Waals surface area (Å²) >= 11 is 0. The molecule has 29 nitrogen and oxygen atoms in total. The van der Waals surface area contributed by atoms with Gasteiger partial charge in [-0.3, -0.25) is 52.7 Å². The third kappa shape index (κ3) is 37.4. The fourth-order valence-electron chi connectivity index (χ4n) is 10.1. The molecule has 0 aromatic heterocycles. The summed E-state index contributed by atoms with van der Waals surface area (Å²) in [6, 6.07) is 28.2. The highest BCUT2D eigenvalue weighted by Gasteiger charge is 2.28. The van der Waals surface area contributed by atoms with E-state index in [2.05, 4.69) is 58.5 Å². The van der Waals surface area contributed by atoms with Crippen LogP contribution < -0.4 is 75.7 Å². The first-order chi connectivity index (χ1) is 49.3. The van der Waals surface area contributed by atoms with E-state index in [0.717, 1.165) is 44.5 Å². The van der Waals surface area contributed by atoms with E-state index >= 15 is 0 Å². The molecule has 0 heterocycles. The molecule has 29 heteroatoms. The van der Waals surface area contributed by atoms with Gasteiger partial charge in [-0.25, -0.2) is 0 Å². The van der Waals surface area contributed by atoms with Crippen molar-refractivity contribution >= 4 is 65.0 Å². The number of benzene rings is 4. The van der Waals surface area contributed by atoms with E-state index in [0.29, 0.717) is 45.4 Å². The number of hydrogen-bond acceptors (Lipinski definition) is 18. The van der Waals surface area contributed by atoms with E-state index in [9.17, 15) is 52.7 Å². The van der Waals surface area contributed by atoms with Crippen LogP contribution in [0.25, 0.3) is 0 Å². The van der Waals surface area contributed by atoms with Crippen molar-refractivity contribution < 1.29 is 71.7 Å². The summed E-state index contributed by atoms with van der Waals surface area (Å²) in [5.41, 5.74) is 23.8. The van der Waals surface area contributed by atoms with Crippen LogP contribution in [0, 0.1) is 13.8 Å². The molecule has 102 heavy (non-hydrogen) atoms. The quantitative estimate of drug-likeness (QED) is 0.0271. The molecule has 4 aromatic rings. The van der Waals surface area contributed by atoms with Crippen molar-refractivity contribution in [1.82, 2.24) is 58.5 Å². The topological polar surface area (TPSA) is 435 Å². The second-order valence-electron chi connectivity index (χ2n) is 24.3. The second kappa shape index (κ2) is 51.0. The number of nitrogens with one attached hydrogen (secondary N) is 11.